The number of rotatable bonds is 20. The number of halogens is 3. The van der Waals surface area contributed by atoms with Crippen LogP contribution in [0.1, 0.15) is 76.7 Å². The number of sulfonamides is 2. The van der Waals surface area contributed by atoms with Gasteiger partial charge in [0.1, 0.15) is 5.75 Å². The fraction of sp³-hybridized carbons (Fsp3) is 0.424. The van der Waals surface area contributed by atoms with Crippen LogP contribution in [0, 0.1) is 0 Å². The van der Waals surface area contributed by atoms with Crippen LogP contribution in [0.25, 0.3) is 0 Å². The lowest BCUT2D eigenvalue weighted by atomic mass is 10.0. The van der Waals surface area contributed by atoms with Crippen molar-refractivity contribution in [1.82, 2.24) is 5.43 Å². The van der Waals surface area contributed by atoms with E-state index >= 15 is 0 Å². The van der Waals surface area contributed by atoms with Crippen molar-refractivity contribution in [2.75, 3.05) is 22.0 Å². The van der Waals surface area contributed by atoms with E-state index in [4.69, 9.17) is 4.74 Å². The van der Waals surface area contributed by atoms with Gasteiger partial charge in [-0.1, -0.05) is 82.9 Å². The van der Waals surface area contributed by atoms with Gasteiger partial charge in [0.2, 0.25) is 0 Å². The van der Waals surface area contributed by atoms with Gasteiger partial charge in [-0.05, 0) is 60.9 Å². The summed E-state index contributed by atoms with van der Waals surface area (Å²) in [5.41, 5.74) is 4.58. The lowest BCUT2D eigenvalue weighted by Gasteiger charge is -2.15. The summed E-state index contributed by atoms with van der Waals surface area (Å²) in [6.45, 7) is 2.22. The van der Waals surface area contributed by atoms with Crippen LogP contribution in [0.3, 0.4) is 0 Å². The van der Waals surface area contributed by atoms with Crippen molar-refractivity contribution in [3.63, 3.8) is 0 Å². The number of alkyl halides is 3. The maximum Gasteiger partial charge on any atom is 0.472 e. The predicted molar refractivity (Wildman–Crippen MR) is 181 cm³/mol. The minimum atomic E-state index is -5.13. The van der Waals surface area contributed by atoms with Crippen LogP contribution in [-0.2, 0) is 31.3 Å². The Kier molecular flexibility index (Phi) is 14.4. The molecule has 0 radical (unpaired) electrons. The van der Waals surface area contributed by atoms with Crippen LogP contribution in [0.4, 0.5) is 30.2 Å². The number of unbranched alkanes of at least 4 members (excludes halogenated alkanes) is 9. The zero-order valence-electron chi connectivity index (χ0n) is 27.0. The standard InChI is InChI=1S/C33H43F3N4O6S2/c1-3-4-5-6-7-8-9-10-11-12-14-25-17-19-28(20-18-25)47(42,43)39-26-15-13-16-27(23-26)40-48(44,45)29-21-22-30(31(24-29)46-2)37-38-32(41)33(34,35)36/h13,15-24,37,39-40H,3-12,14H2,1-2H3,(H,38,41). The Morgan fingerprint density at radius 2 is 1.23 bits per heavy atom. The second kappa shape index (κ2) is 18.0. The third kappa shape index (κ3) is 12.2. The molecule has 0 saturated carbocycles. The first-order valence-electron chi connectivity index (χ1n) is 15.8. The van der Waals surface area contributed by atoms with Crippen molar-refractivity contribution in [3.05, 3.63) is 72.3 Å². The smallest absolute Gasteiger partial charge is 0.472 e. The molecule has 15 heteroatoms. The van der Waals surface area contributed by atoms with Gasteiger partial charge in [-0.15, -0.1) is 0 Å². The van der Waals surface area contributed by atoms with Crippen LogP contribution in [0.15, 0.2) is 76.5 Å². The lowest BCUT2D eigenvalue weighted by molar-refractivity contribution is -0.173. The Hall–Kier alpha value is -3.98. The molecule has 0 aliphatic rings. The molecule has 3 aromatic rings. The molecular weight excluding hydrogens is 670 g/mol. The number of benzene rings is 3. The molecule has 0 atom stereocenters. The average molecular weight is 713 g/mol. The second-order valence-electron chi connectivity index (χ2n) is 11.3. The van der Waals surface area contributed by atoms with Crippen molar-refractivity contribution in [3.8, 4) is 5.75 Å². The number of carbonyl (C=O) groups excluding carboxylic acids is 1. The van der Waals surface area contributed by atoms with Gasteiger partial charge in [0.25, 0.3) is 20.0 Å². The number of amides is 1. The molecule has 4 N–H and O–H groups in total. The molecule has 1 amide bonds. The van der Waals surface area contributed by atoms with Gasteiger partial charge >= 0.3 is 12.1 Å². The summed E-state index contributed by atoms with van der Waals surface area (Å²) in [6, 6.07) is 15.6. The molecular formula is C33H43F3N4O6S2. The minimum Gasteiger partial charge on any atom is -0.494 e. The first kappa shape index (κ1) is 38.5. The lowest BCUT2D eigenvalue weighted by Crippen LogP contribution is -2.40. The monoisotopic (exact) mass is 712 g/mol. The van der Waals surface area contributed by atoms with Crippen LogP contribution < -0.4 is 25.0 Å². The molecule has 10 nitrogen and oxygen atoms in total. The number of carbonyl (C=O) groups is 1. The first-order chi connectivity index (χ1) is 22.7. The van der Waals surface area contributed by atoms with E-state index in [1.54, 1.807) is 24.3 Å². The minimum absolute atomic E-state index is 0.0423. The van der Waals surface area contributed by atoms with Crippen LogP contribution in [0.2, 0.25) is 0 Å². The number of nitrogens with one attached hydrogen (secondary N) is 4. The molecule has 0 spiro atoms. The highest BCUT2D eigenvalue weighted by Crippen LogP contribution is 2.29. The van der Waals surface area contributed by atoms with Crippen LogP contribution in [-0.4, -0.2) is 36.0 Å². The SMILES string of the molecule is CCCCCCCCCCCCc1ccc(S(=O)(=O)Nc2cccc(NS(=O)(=O)c3ccc(NNC(=O)C(F)(F)F)c(OC)c3)c2)cc1. The Bertz CT molecular complexity index is 1700. The quantitative estimate of drug-likeness (QED) is 0.0693. The van der Waals surface area contributed by atoms with Crippen molar-refractivity contribution in [1.29, 1.82) is 0 Å². The number of anilines is 3. The average Bonchev–Trinajstić information content (AvgIpc) is 3.04. The Morgan fingerprint density at radius 1 is 0.708 bits per heavy atom. The zero-order chi connectivity index (χ0) is 35.2. The Morgan fingerprint density at radius 3 is 1.77 bits per heavy atom. The molecule has 3 aromatic carbocycles. The Balaban J connectivity index is 1.55. The van der Waals surface area contributed by atoms with E-state index < -0.39 is 32.1 Å². The van der Waals surface area contributed by atoms with Gasteiger partial charge in [0, 0.05) is 6.07 Å². The maximum atomic E-state index is 13.1. The second-order valence-corrected chi connectivity index (χ2v) is 14.7. The van der Waals surface area contributed by atoms with Gasteiger partial charge in [0.05, 0.1) is 34.0 Å². The van der Waals surface area contributed by atoms with Crippen LogP contribution >= 0.6 is 0 Å². The third-order valence-corrected chi connectivity index (χ3v) is 10.2. The van der Waals surface area contributed by atoms with Crippen molar-refractivity contribution in [2.45, 2.75) is 93.5 Å². The highest BCUT2D eigenvalue weighted by molar-refractivity contribution is 7.93. The third-order valence-electron chi connectivity index (χ3n) is 7.47. The van der Waals surface area contributed by atoms with Gasteiger partial charge < -0.3 is 4.74 Å². The molecule has 0 aliphatic carbocycles. The summed E-state index contributed by atoms with van der Waals surface area (Å²) in [4.78, 5) is 10.8. The van der Waals surface area contributed by atoms with Crippen molar-refractivity contribution in [2.24, 2.45) is 0 Å². The summed E-state index contributed by atoms with van der Waals surface area (Å²) < 4.78 is 99.6. The van der Waals surface area contributed by atoms with E-state index in [0.717, 1.165) is 50.1 Å². The van der Waals surface area contributed by atoms with Gasteiger partial charge in [0.15, 0.2) is 0 Å². The number of hydrazine groups is 1. The van der Waals surface area contributed by atoms with E-state index in [1.807, 2.05) is 5.43 Å². The molecule has 0 bridgehead atoms. The Labute approximate surface area is 280 Å². The molecule has 0 heterocycles. The number of ether oxygens (including phenoxy) is 1. The number of aryl methyl sites for hydroxylation is 1. The fourth-order valence-corrected chi connectivity index (χ4v) is 6.98. The molecule has 0 saturated heterocycles. The molecule has 0 aromatic heterocycles. The largest absolute Gasteiger partial charge is 0.494 e. The molecule has 0 unspecified atom stereocenters. The molecule has 264 valence electrons. The highest BCUT2D eigenvalue weighted by Gasteiger charge is 2.38. The molecule has 48 heavy (non-hydrogen) atoms. The topological polar surface area (TPSA) is 143 Å². The normalized spacial score (nSPS) is 11.9. The van der Waals surface area contributed by atoms with E-state index in [2.05, 4.69) is 16.4 Å². The molecule has 3 rings (SSSR count). The number of hydrogen-bond donors (Lipinski definition) is 4. The van der Waals surface area contributed by atoms with Gasteiger partial charge in [-0.25, -0.2) is 16.8 Å². The first-order valence-corrected chi connectivity index (χ1v) is 18.8. The van der Waals surface area contributed by atoms with Gasteiger partial charge in [-0.3, -0.25) is 25.1 Å². The van der Waals surface area contributed by atoms with E-state index in [1.165, 1.54) is 81.1 Å². The van der Waals surface area contributed by atoms with Gasteiger partial charge in [-0.2, -0.15) is 13.2 Å². The van der Waals surface area contributed by atoms with Crippen molar-refractivity contribution < 1.29 is 39.5 Å². The number of methoxy groups -OCH3 is 1. The fourth-order valence-electron chi connectivity index (χ4n) is 4.86. The summed E-state index contributed by atoms with van der Waals surface area (Å²) in [6.07, 6.45) is 8.16. The van der Waals surface area contributed by atoms with E-state index in [0.29, 0.717) is 0 Å². The summed E-state index contributed by atoms with van der Waals surface area (Å²) in [7, 11) is -7.06. The summed E-state index contributed by atoms with van der Waals surface area (Å²) >= 11 is 0. The zero-order valence-corrected chi connectivity index (χ0v) is 28.7. The van der Waals surface area contributed by atoms with E-state index in [-0.39, 0.29) is 32.6 Å². The highest BCUT2D eigenvalue weighted by atomic mass is 32.2. The van der Waals surface area contributed by atoms with Crippen molar-refractivity contribution >= 4 is 43.0 Å². The summed E-state index contributed by atoms with van der Waals surface area (Å²) in [5.74, 6) is -2.42. The maximum absolute atomic E-state index is 13.1. The van der Waals surface area contributed by atoms with Crippen LogP contribution in [0.5, 0.6) is 5.75 Å². The number of hydrogen-bond acceptors (Lipinski definition) is 7. The molecule has 0 fully saturated rings. The van der Waals surface area contributed by atoms with E-state index in [9.17, 15) is 34.8 Å². The predicted octanol–water partition coefficient (Wildman–Crippen LogP) is 7.77. The summed E-state index contributed by atoms with van der Waals surface area (Å²) in [5, 5.41) is 0. The molecule has 0 aliphatic heterocycles.